The molecule has 0 radical (unpaired) electrons. The second kappa shape index (κ2) is 7.15. The van der Waals surface area contributed by atoms with Crippen molar-refractivity contribution in [2.45, 2.75) is 57.7 Å². The lowest BCUT2D eigenvalue weighted by Gasteiger charge is -2.47. The number of piperazine rings is 1. The van der Waals surface area contributed by atoms with Gasteiger partial charge in [0, 0.05) is 18.5 Å². The second-order valence-electron chi connectivity index (χ2n) is 9.12. The average Bonchev–Trinajstić information content (AvgIpc) is 2.84. The Labute approximate surface area is 186 Å². The molecule has 162 valence electrons. The van der Waals surface area contributed by atoms with Crippen LogP contribution < -0.4 is 4.90 Å². The number of amides is 1. The molecule has 2 bridgehead atoms. The van der Waals surface area contributed by atoms with E-state index in [-0.39, 0.29) is 32.8 Å². The molecule has 1 amide bonds. The molecule has 1 aromatic carbocycles. The van der Waals surface area contributed by atoms with Crippen LogP contribution in [0, 0.1) is 11.6 Å². The van der Waals surface area contributed by atoms with Crippen molar-refractivity contribution in [1.82, 2.24) is 14.9 Å². The van der Waals surface area contributed by atoms with E-state index in [0.29, 0.717) is 18.9 Å². The molecule has 2 atom stereocenters. The van der Waals surface area contributed by atoms with E-state index >= 15 is 0 Å². The van der Waals surface area contributed by atoms with Gasteiger partial charge in [0.2, 0.25) is 5.28 Å². The minimum absolute atomic E-state index is 0.0506. The van der Waals surface area contributed by atoms with Crippen molar-refractivity contribution in [1.29, 1.82) is 0 Å². The SMILES string of the molecule is CC(C)(C)OC(=O)N1[C@@H]2CC[C@@]1(C)CN(c1nc(Cl)nc3c(F)c(Br)c(F)cc13)C2. The summed E-state index contributed by atoms with van der Waals surface area (Å²) in [6.45, 7) is 8.39. The van der Waals surface area contributed by atoms with Crippen LogP contribution >= 0.6 is 27.5 Å². The van der Waals surface area contributed by atoms with E-state index in [9.17, 15) is 13.6 Å². The maximum Gasteiger partial charge on any atom is 0.411 e. The fourth-order valence-electron chi connectivity index (χ4n) is 4.44. The van der Waals surface area contributed by atoms with Gasteiger partial charge in [0.1, 0.15) is 22.8 Å². The van der Waals surface area contributed by atoms with Crippen LogP contribution in [0.1, 0.15) is 40.5 Å². The molecule has 0 N–H and O–H groups in total. The number of nitrogens with zero attached hydrogens (tertiary/aromatic N) is 4. The van der Waals surface area contributed by atoms with Gasteiger partial charge >= 0.3 is 6.09 Å². The third kappa shape index (κ3) is 3.60. The Morgan fingerprint density at radius 1 is 1.37 bits per heavy atom. The molecule has 2 aromatic rings. The third-order valence-electron chi connectivity index (χ3n) is 5.59. The Hall–Kier alpha value is -1.74. The van der Waals surface area contributed by atoms with Crippen molar-refractivity contribution < 1.29 is 18.3 Å². The van der Waals surface area contributed by atoms with Gasteiger partial charge in [-0.2, -0.15) is 4.98 Å². The van der Waals surface area contributed by atoms with Crippen molar-refractivity contribution in [2.75, 3.05) is 18.0 Å². The summed E-state index contributed by atoms with van der Waals surface area (Å²) < 4.78 is 34.2. The van der Waals surface area contributed by atoms with E-state index in [0.717, 1.165) is 12.8 Å². The van der Waals surface area contributed by atoms with Crippen molar-refractivity contribution in [3.8, 4) is 0 Å². The highest BCUT2D eigenvalue weighted by Gasteiger charge is 2.52. The van der Waals surface area contributed by atoms with E-state index in [1.807, 2.05) is 32.6 Å². The molecule has 0 spiro atoms. The van der Waals surface area contributed by atoms with E-state index in [4.69, 9.17) is 16.3 Å². The summed E-state index contributed by atoms with van der Waals surface area (Å²) in [5, 5.41) is 0.119. The van der Waals surface area contributed by atoms with Gasteiger partial charge < -0.3 is 9.64 Å². The highest BCUT2D eigenvalue weighted by atomic mass is 79.9. The topological polar surface area (TPSA) is 58.6 Å². The summed E-state index contributed by atoms with van der Waals surface area (Å²) in [5.41, 5.74) is -1.14. The van der Waals surface area contributed by atoms with Crippen molar-refractivity contribution in [3.63, 3.8) is 0 Å². The summed E-state index contributed by atoms with van der Waals surface area (Å²) >= 11 is 8.98. The summed E-state index contributed by atoms with van der Waals surface area (Å²) in [6.07, 6.45) is 1.24. The first-order chi connectivity index (χ1) is 13.9. The third-order valence-corrected chi connectivity index (χ3v) is 6.49. The summed E-state index contributed by atoms with van der Waals surface area (Å²) in [4.78, 5) is 24.8. The molecule has 3 heterocycles. The molecule has 1 aromatic heterocycles. The van der Waals surface area contributed by atoms with Crippen LogP contribution in [0.2, 0.25) is 5.28 Å². The number of carbonyl (C=O) groups is 1. The van der Waals surface area contributed by atoms with Crippen LogP contribution in [0.4, 0.5) is 19.4 Å². The number of hydrogen-bond donors (Lipinski definition) is 0. The molecule has 0 unspecified atom stereocenters. The van der Waals surface area contributed by atoms with Crippen LogP contribution in [0.15, 0.2) is 10.5 Å². The number of carbonyl (C=O) groups excluding carboxylic acids is 1. The zero-order valence-corrected chi connectivity index (χ0v) is 19.4. The fourth-order valence-corrected chi connectivity index (χ4v) is 4.91. The number of fused-ring (bicyclic) bond motifs is 3. The zero-order valence-electron chi connectivity index (χ0n) is 17.1. The van der Waals surface area contributed by atoms with Gasteiger partial charge in [-0.25, -0.2) is 18.6 Å². The Balaban J connectivity index is 1.73. The number of aromatic nitrogens is 2. The number of halogens is 4. The Bertz CT molecular complexity index is 1050. The maximum atomic E-state index is 14.6. The quantitative estimate of drug-likeness (QED) is 0.390. The first-order valence-corrected chi connectivity index (χ1v) is 10.8. The summed E-state index contributed by atoms with van der Waals surface area (Å²) in [6, 6.07) is 1.10. The Morgan fingerprint density at radius 2 is 2.07 bits per heavy atom. The minimum atomic E-state index is -0.822. The van der Waals surface area contributed by atoms with E-state index in [2.05, 4.69) is 25.9 Å². The van der Waals surface area contributed by atoms with Gasteiger partial charge in [-0.1, -0.05) is 0 Å². The lowest BCUT2D eigenvalue weighted by atomic mass is 9.97. The van der Waals surface area contributed by atoms with E-state index in [1.165, 1.54) is 6.07 Å². The van der Waals surface area contributed by atoms with E-state index in [1.54, 1.807) is 4.90 Å². The normalized spacial score (nSPS) is 23.9. The molecule has 2 aliphatic heterocycles. The molecule has 2 saturated heterocycles. The molecule has 10 heteroatoms. The molecule has 6 nitrogen and oxygen atoms in total. The van der Waals surface area contributed by atoms with Gasteiger partial charge in [-0.05, 0) is 74.1 Å². The highest BCUT2D eigenvalue weighted by molar-refractivity contribution is 9.10. The molecular weight excluding hydrogens is 482 g/mol. The van der Waals surface area contributed by atoms with Crippen molar-refractivity contribution >= 4 is 50.3 Å². The van der Waals surface area contributed by atoms with Crippen molar-refractivity contribution in [2.24, 2.45) is 0 Å². The van der Waals surface area contributed by atoms with Gasteiger partial charge in [0.15, 0.2) is 5.82 Å². The van der Waals surface area contributed by atoms with Gasteiger partial charge in [0.25, 0.3) is 0 Å². The molecular formula is C20H22BrClF2N4O2. The van der Waals surface area contributed by atoms with Crippen LogP contribution in [0.25, 0.3) is 10.9 Å². The van der Waals surface area contributed by atoms with Crippen LogP contribution in [-0.2, 0) is 4.74 Å². The number of hydrogen-bond acceptors (Lipinski definition) is 5. The largest absolute Gasteiger partial charge is 0.444 e. The maximum absolute atomic E-state index is 14.6. The first-order valence-electron chi connectivity index (χ1n) is 9.68. The van der Waals surface area contributed by atoms with E-state index < -0.39 is 22.8 Å². The van der Waals surface area contributed by atoms with Gasteiger partial charge in [-0.3, -0.25) is 4.90 Å². The van der Waals surface area contributed by atoms with Gasteiger partial charge in [-0.15, -0.1) is 0 Å². The zero-order chi connectivity index (χ0) is 22.0. The van der Waals surface area contributed by atoms with Gasteiger partial charge in [0.05, 0.1) is 16.1 Å². The lowest BCUT2D eigenvalue weighted by molar-refractivity contribution is -0.00278. The van der Waals surface area contributed by atoms with Crippen LogP contribution in [-0.4, -0.2) is 51.2 Å². The predicted octanol–water partition coefficient (Wildman–Crippen LogP) is 5.30. The Morgan fingerprint density at radius 3 is 2.70 bits per heavy atom. The average molecular weight is 504 g/mol. The second-order valence-corrected chi connectivity index (χ2v) is 10.3. The monoisotopic (exact) mass is 502 g/mol. The number of anilines is 1. The van der Waals surface area contributed by atoms with Crippen LogP contribution in [0.3, 0.4) is 0 Å². The summed E-state index contributed by atoms with van der Waals surface area (Å²) in [7, 11) is 0. The first kappa shape index (κ1) is 21.5. The molecule has 2 aliphatic rings. The fraction of sp³-hybridized carbons (Fsp3) is 0.550. The molecule has 0 aliphatic carbocycles. The smallest absolute Gasteiger partial charge is 0.411 e. The van der Waals surface area contributed by atoms with Crippen molar-refractivity contribution in [3.05, 3.63) is 27.5 Å². The highest BCUT2D eigenvalue weighted by Crippen LogP contribution is 2.42. The molecule has 2 fully saturated rings. The summed E-state index contributed by atoms with van der Waals surface area (Å²) in [5.74, 6) is -1.21. The minimum Gasteiger partial charge on any atom is -0.444 e. The molecule has 4 rings (SSSR count). The number of ether oxygens (including phenoxy) is 1. The predicted molar refractivity (Wildman–Crippen MR) is 114 cm³/mol. The Kier molecular flexibility index (Phi) is 5.12. The van der Waals surface area contributed by atoms with Crippen LogP contribution in [0.5, 0.6) is 0 Å². The standard InChI is InChI=1S/C20H22BrClF2N4O2/c1-19(2,3)30-18(29)28-10-5-6-20(28,4)9-27(8-10)16-11-7-12(23)13(21)14(24)15(11)25-17(22)26-16/h7,10H,5-6,8-9H2,1-4H3/t10-,20+/m1/s1. The molecule has 0 saturated carbocycles. The lowest BCUT2D eigenvalue weighted by Crippen LogP contribution is -2.63. The number of benzene rings is 1. The number of rotatable bonds is 1. The molecule has 30 heavy (non-hydrogen) atoms.